The zero-order valence-corrected chi connectivity index (χ0v) is 16.5. The van der Waals surface area contributed by atoms with Gasteiger partial charge in [0.15, 0.2) is 5.16 Å². The molecule has 0 saturated carbocycles. The largest absolute Gasteiger partial charge is 0.383 e. The number of anilines is 1. The molecule has 26 heavy (non-hydrogen) atoms. The van der Waals surface area contributed by atoms with Gasteiger partial charge in [-0.25, -0.2) is 9.97 Å². The average molecular weight is 383 g/mol. The maximum atomic E-state index is 6.30. The number of thioether (sulfide) groups is 1. The van der Waals surface area contributed by atoms with Crippen LogP contribution in [0.25, 0.3) is 10.2 Å². The Labute approximate surface area is 162 Å². The van der Waals surface area contributed by atoms with Crippen LogP contribution in [0.15, 0.2) is 47.6 Å². The predicted molar refractivity (Wildman–Crippen MR) is 112 cm³/mol. The van der Waals surface area contributed by atoms with E-state index in [2.05, 4.69) is 46.8 Å². The third-order valence-corrected chi connectivity index (χ3v) is 6.67. The minimum atomic E-state index is 0.619. The molecule has 0 fully saturated rings. The minimum absolute atomic E-state index is 0.619. The van der Waals surface area contributed by atoms with Crippen LogP contribution in [0, 0.1) is 0 Å². The number of hydrogen-bond acceptors (Lipinski definition) is 6. The van der Waals surface area contributed by atoms with Crippen molar-refractivity contribution in [3.63, 3.8) is 0 Å². The van der Waals surface area contributed by atoms with E-state index in [1.54, 1.807) is 23.1 Å². The number of benzene rings is 1. The second-order valence-corrected chi connectivity index (χ2v) is 8.79. The van der Waals surface area contributed by atoms with E-state index in [0.717, 1.165) is 52.8 Å². The standard InChI is InChI=1S/C20H22N4S2/c1-13(2)12-25-20-22-18(21)17-15-8-9-24(10-14-6-4-3-5-7-14)11-16(15)26-19(17)23-20/h3-7H,1,8-12H2,2H3,(H2,21,22,23). The van der Waals surface area contributed by atoms with Gasteiger partial charge in [0.2, 0.25) is 0 Å². The van der Waals surface area contributed by atoms with Crippen molar-refractivity contribution in [3.8, 4) is 0 Å². The highest BCUT2D eigenvalue weighted by atomic mass is 32.2. The van der Waals surface area contributed by atoms with Gasteiger partial charge in [-0.1, -0.05) is 54.2 Å². The lowest BCUT2D eigenvalue weighted by molar-refractivity contribution is 0.249. The summed E-state index contributed by atoms with van der Waals surface area (Å²) in [5, 5.41) is 1.82. The van der Waals surface area contributed by atoms with E-state index in [4.69, 9.17) is 10.7 Å². The number of rotatable bonds is 5. The normalized spacial score (nSPS) is 14.5. The maximum Gasteiger partial charge on any atom is 0.191 e. The van der Waals surface area contributed by atoms with E-state index in [1.165, 1.54) is 16.0 Å². The summed E-state index contributed by atoms with van der Waals surface area (Å²) in [7, 11) is 0. The fraction of sp³-hybridized carbons (Fsp3) is 0.300. The topological polar surface area (TPSA) is 55.0 Å². The van der Waals surface area contributed by atoms with E-state index in [9.17, 15) is 0 Å². The van der Waals surface area contributed by atoms with Crippen molar-refractivity contribution >= 4 is 39.1 Å². The molecular formula is C20H22N4S2. The number of nitrogens with two attached hydrogens (primary N) is 1. The Morgan fingerprint density at radius 1 is 1.31 bits per heavy atom. The number of thiophene rings is 1. The fourth-order valence-electron chi connectivity index (χ4n) is 3.28. The number of nitrogen functional groups attached to an aromatic ring is 1. The number of fused-ring (bicyclic) bond motifs is 3. The van der Waals surface area contributed by atoms with Gasteiger partial charge in [0.1, 0.15) is 10.6 Å². The van der Waals surface area contributed by atoms with Gasteiger partial charge in [0.05, 0.1) is 5.39 Å². The summed E-state index contributed by atoms with van der Waals surface area (Å²) in [5.41, 5.74) is 10.1. The summed E-state index contributed by atoms with van der Waals surface area (Å²) < 4.78 is 0. The van der Waals surface area contributed by atoms with Gasteiger partial charge in [-0.2, -0.15) is 0 Å². The highest BCUT2D eigenvalue weighted by Crippen LogP contribution is 2.38. The van der Waals surface area contributed by atoms with E-state index in [0.29, 0.717) is 5.82 Å². The van der Waals surface area contributed by atoms with Crippen molar-refractivity contribution in [1.29, 1.82) is 0 Å². The highest BCUT2D eigenvalue weighted by Gasteiger charge is 2.24. The summed E-state index contributed by atoms with van der Waals surface area (Å²) >= 11 is 3.37. The van der Waals surface area contributed by atoms with Crippen LogP contribution in [-0.4, -0.2) is 27.2 Å². The van der Waals surface area contributed by atoms with Gasteiger partial charge >= 0.3 is 0 Å². The zero-order valence-electron chi connectivity index (χ0n) is 14.9. The van der Waals surface area contributed by atoms with Crippen LogP contribution in [0.4, 0.5) is 5.82 Å². The Bertz CT molecular complexity index is 949. The van der Waals surface area contributed by atoms with Crippen LogP contribution in [-0.2, 0) is 19.5 Å². The SMILES string of the molecule is C=C(C)CSc1nc(N)c2c3c(sc2n1)CN(Cc1ccccc1)CC3. The third-order valence-electron chi connectivity index (χ3n) is 4.48. The van der Waals surface area contributed by atoms with E-state index in [-0.39, 0.29) is 0 Å². The minimum Gasteiger partial charge on any atom is -0.383 e. The molecule has 0 radical (unpaired) electrons. The molecule has 134 valence electrons. The summed E-state index contributed by atoms with van der Waals surface area (Å²) in [6.45, 7) is 8.93. The molecule has 1 aliphatic rings. The highest BCUT2D eigenvalue weighted by molar-refractivity contribution is 7.99. The molecular weight excluding hydrogens is 360 g/mol. The third kappa shape index (κ3) is 3.63. The van der Waals surface area contributed by atoms with Crippen LogP contribution >= 0.6 is 23.1 Å². The Hall–Kier alpha value is -1.89. The lowest BCUT2D eigenvalue weighted by Gasteiger charge is -2.26. The lowest BCUT2D eigenvalue weighted by atomic mass is 10.0. The molecule has 0 spiro atoms. The molecule has 4 nitrogen and oxygen atoms in total. The Kier molecular flexibility index (Phi) is 4.98. The second-order valence-electron chi connectivity index (χ2n) is 6.77. The summed E-state index contributed by atoms with van der Waals surface area (Å²) in [6, 6.07) is 10.6. The number of aromatic nitrogens is 2. The molecule has 6 heteroatoms. The molecule has 0 aliphatic carbocycles. The van der Waals surface area contributed by atoms with E-state index in [1.807, 2.05) is 6.92 Å². The van der Waals surface area contributed by atoms with Crippen molar-refractivity contribution in [1.82, 2.24) is 14.9 Å². The smallest absolute Gasteiger partial charge is 0.191 e. The molecule has 1 aromatic carbocycles. The molecule has 0 saturated heterocycles. The Morgan fingerprint density at radius 2 is 2.12 bits per heavy atom. The molecule has 4 rings (SSSR count). The molecule has 1 aliphatic heterocycles. The van der Waals surface area contributed by atoms with Gasteiger partial charge in [-0.3, -0.25) is 4.90 Å². The lowest BCUT2D eigenvalue weighted by Crippen LogP contribution is -2.29. The molecule has 0 unspecified atom stereocenters. The van der Waals surface area contributed by atoms with Gasteiger partial charge in [-0.05, 0) is 24.5 Å². The van der Waals surface area contributed by atoms with Gasteiger partial charge in [0.25, 0.3) is 0 Å². The first-order valence-electron chi connectivity index (χ1n) is 8.71. The van der Waals surface area contributed by atoms with Crippen molar-refractivity contribution in [2.45, 2.75) is 31.6 Å². The molecule has 0 amide bonds. The molecule has 0 bridgehead atoms. The van der Waals surface area contributed by atoms with Crippen molar-refractivity contribution < 1.29 is 0 Å². The molecule has 3 aromatic rings. The first-order chi connectivity index (χ1) is 12.6. The van der Waals surface area contributed by atoms with Crippen LogP contribution in [0.1, 0.15) is 22.9 Å². The van der Waals surface area contributed by atoms with Gasteiger partial charge in [0, 0.05) is 30.3 Å². The van der Waals surface area contributed by atoms with Crippen molar-refractivity contribution in [2.75, 3.05) is 18.0 Å². The summed E-state index contributed by atoms with van der Waals surface area (Å²) in [6.07, 6.45) is 1.01. The molecule has 2 aromatic heterocycles. The second kappa shape index (κ2) is 7.39. The Morgan fingerprint density at radius 3 is 2.88 bits per heavy atom. The first-order valence-corrected chi connectivity index (χ1v) is 10.5. The molecule has 2 N–H and O–H groups in total. The van der Waals surface area contributed by atoms with Crippen LogP contribution in [0.2, 0.25) is 0 Å². The van der Waals surface area contributed by atoms with Crippen LogP contribution < -0.4 is 5.73 Å². The van der Waals surface area contributed by atoms with Crippen molar-refractivity contribution in [2.24, 2.45) is 0 Å². The quantitative estimate of drug-likeness (QED) is 0.400. The fourth-order valence-corrected chi connectivity index (χ4v) is 5.31. The van der Waals surface area contributed by atoms with Gasteiger partial charge in [-0.15, -0.1) is 11.3 Å². The predicted octanol–water partition coefficient (Wildman–Crippen LogP) is 4.50. The monoisotopic (exact) mass is 382 g/mol. The first kappa shape index (κ1) is 17.5. The van der Waals surface area contributed by atoms with E-state index < -0.39 is 0 Å². The average Bonchev–Trinajstić information content (AvgIpc) is 2.99. The number of nitrogens with zero attached hydrogens (tertiary/aromatic N) is 3. The Balaban J connectivity index is 1.59. The summed E-state index contributed by atoms with van der Waals surface area (Å²) in [5.74, 6) is 1.44. The number of hydrogen-bond donors (Lipinski definition) is 1. The summed E-state index contributed by atoms with van der Waals surface area (Å²) in [4.78, 5) is 14.2. The van der Waals surface area contributed by atoms with E-state index >= 15 is 0 Å². The maximum absolute atomic E-state index is 6.30. The van der Waals surface area contributed by atoms with Crippen molar-refractivity contribution in [3.05, 3.63) is 58.5 Å². The zero-order chi connectivity index (χ0) is 18.1. The molecule has 0 atom stereocenters. The molecule has 3 heterocycles. The van der Waals surface area contributed by atoms with Gasteiger partial charge < -0.3 is 5.73 Å². The van der Waals surface area contributed by atoms with Crippen LogP contribution in [0.5, 0.6) is 0 Å². The van der Waals surface area contributed by atoms with Crippen LogP contribution in [0.3, 0.4) is 0 Å².